The van der Waals surface area contributed by atoms with Crippen LogP contribution in [0.2, 0.25) is 0 Å². The van der Waals surface area contributed by atoms with Gasteiger partial charge in [0.25, 0.3) is 5.91 Å². The Morgan fingerprint density at radius 2 is 2.05 bits per heavy atom. The molecule has 5 heteroatoms. The van der Waals surface area contributed by atoms with Gasteiger partial charge in [0.15, 0.2) is 5.76 Å². The summed E-state index contributed by atoms with van der Waals surface area (Å²) in [5.41, 5.74) is 3.04. The molecule has 0 aliphatic carbocycles. The Labute approximate surface area is 121 Å². The van der Waals surface area contributed by atoms with Gasteiger partial charge in [0, 0.05) is 18.7 Å². The zero-order chi connectivity index (χ0) is 15.0. The molecule has 3 rings (SSSR count). The van der Waals surface area contributed by atoms with Crippen LogP contribution < -0.4 is 0 Å². The Kier molecular flexibility index (Phi) is 3.25. The summed E-state index contributed by atoms with van der Waals surface area (Å²) in [6.07, 6.45) is 2.23. The van der Waals surface area contributed by atoms with E-state index in [2.05, 4.69) is 0 Å². The van der Waals surface area contributed by atoms with Gasteiger partial charge in [-0.1, -0.05) is 6.07 Å². The molecule has 0 atom stereocenters. The highest BCUT2D eigenvalue weighted by atomic mass is 16.4. The second-order valence-electron chi connectivity index (χ2n) is 5.20. The van der Waals surface area contributed by atoms with Crippen molar-refractivity contribution in [2.24, 2.45) is 0 Å². The van der Waals surface area contributed by atoms with Gasteiger partial charge in [-0.05, 0) is 42.7 Å². The number of carbonyl (C=O) groups is 2. The molecule has 108 valence electrons. The summed E-state index contributed by atoms with van der Waals surface area (Å²) >= 11 is 0. The Morgan fingerprint density at radius 1 is 1.24 bits per heavy atom. The number of furan rings is 1. The Bertz CT molecular complexity index is 717. The van der Waals surface area contributed by atoms with E-state index in [1.165, 1.54) is 6.26 Å². The second kappa shape index (κ2) is 5.09. The molecule has 2 aromatic rings. The highest BCUT2D eigenvalue weighted by Crippen LogP contribution is 2.23. The van der Waals surface area contributed by atoms with E-state index < -0.39 is 5.97 Å². The fourth-order valence-corrected chi connectivity index (χ4v) is 2.60. The number of carbonyl (C=O) groups excluding carboxylic acids is 1. The van der Waals surface area contributed by atoms with E-state index in [-0.39, 0.29) is 11.5 Å². The van der Waals surface area contributed by atoms with Crippen molar-refractivity contribution >= 4 is 11.9 Å². The van der Waals surface area contributed by atoms with Crippen molar-refractivity contribution in [3.05, 3.63) is 58.5 Å². The Balaban J connectivity index is 1.87. The predicted octanol–water partition coefficient (Wildman–Crippen LogP) is 2.48. The number of rotatable bonds is 2. The number of fused-ring (bicyclic) bond motifs is 1. The van der Waals surface area contributed by atoms with Gasteiger partial charge in [-0.25, -0.2) is 4.79 Å². The fourth-order valence-electron chi connectivity index (χ4n) is 2.60. The van der Waals surface area contributed by atoms with E-state index in [0.717, 1.165) is 23.1 Å². The van der Waals surface area contributed by atoms with Crippen molar-refractivity contribution < 1.29 is 19.1 Å². The fraction of sp³-hybridized carbons (Fsp3) is 0.250. The second-order valence-corrected chi connectivity index (χ2v) is 5.20. The van der Waals surface area contributed by atoms with E-state index in [4.69, 9.17) is 9.52 Å². The Morgan fingerprint density at radius 3 is 2.71 bits per heavy atom. The van der Waals surface area contributed by atoms with Crippen LogP contribution in [0.4, 0.5) is 0 Å². The molecule has 0 radical (unpaired) electrons. The first-order valence-electron chi connectivity index (χ1n) is 6.74. The van der Waals surface area contributed by atoms with Crippen LogP contribution in [0.1, 0.15) is 37.6 Å². The van der Waals surface area contributed by atoms with Crippen molar-refractivity contribution in [3.63, 3.8) is 0 Å². The summed E-state index contributed by atoms with van der Waals surface area (Å²) in [6, 6.07) is 6.84. The van der Waals surface area contributed by atoms with Gasteiger partial charge >= 0.3 is 5.97 Å². The van der Waals surface area contributed by atoms with Crippen LogP contribution in [0.5, 0.6) is 0 Å². The number of nitrogens with zero attached hydrogens (tertiary/aromatic N) is 1. The van der Waals surface area contributed by atoms with E-state index in [0.29, 0.717) is 18.8 Å². The summed E-state index contributed by atoms with van der Waals surface area (Å²) in [5, 5.41) is 9.05. The first-order chi connectivity index (χ1) is 10.1. The minimum Gasteiger partial charge on any atom is -0.478 e. The quantitative estimate of drug-likeness (QED) is 0.920. The summed E-state index contributed by atoms with van der Waals surface area (Å²) in [6.45, 7) is 2.85. The third-order valence-corrected chi connectivity index (χ3v) is 3.81. The van der Waals surface area contributed by atoms with Gasteiger partial charge in [0.2, 0.25) is 0 Å². The largest absolute Gasteiger partial charge is 0.478 e. The number of hydrogen-bond donors (Lipinski definition) is 1. The van der Waals surface area contributed by atoms with Crippen molar-refractivity contribution in [1.82, 2.24) is 4.90 Å². The first kappa shape index (κ1) is 13.4. The molecule has 0 spiro atoms. The van der Waals surface area contributed by atoms with Crippen LogP contribution in [-0.2, 0) is 13.0 Å². The first-order valence-corrected chi connectivity index (χ1v) is 6.74. The van der Waals surface area contributed by atoms with E-state index in [9.17, 15) is 9.59 Å². The van der Waals surface area contributed by atoms with Gasteiger partial charge in [-0.15, -0.1) is 0 Å². The topological polar surface area (TPSA) is 70.8 Å². The molecule has 0 saturated carbocycles. The number of carboxylic acids is 1. The molecular formula is C16H15NO4. The maximum Gasteiger partial charge on any atom is 0.335 e. The van der Waals surface area contributed by atoms with Gasteiger partial charge in [-0.2, -0.15) is 0 Å². The minimum absolute atomic E-state index is 0.149. The predicted molar refractivity (Wildman–Crippen MR) is 75.3 cm³/mol. The zero-order valence-electron chi connectivity index (χ0n) is 11.6. The molecule has 1 amide bonds. The molecule has 2 heterocycles. The van der Waals surface area contributed by atoms with Crippen LogP contribution in [0, 0.1) is 6.92 Å². The lowest BCUT2D eigenvalue weighted by Crippen LogP contribution is -2.36. The smallest absolute Gasteiger partial charge is 0.335 e. The molecule has 1 aliphatic heterocycles. The summed E-state index contributed by atoms with van der Waals surface area (Å²) < 4.78 is 5.24. The average Bonchev–Trinajstić information content (AvgIpc) is 2.91. The highest BCUT2D eigenvalue weighted by molar-refractivity contribution is 5.93. The summed E-state index contributed by atoms with van der Waals surface area (Å²) in [4.78, 5) is 25.2. The third-order valence-electron chi connectivity index (χ3n) is 3.81. The number of aryl methyl sites for hydroxylation is 1. The molecule has 0 unspecified atom stereocenters. The van der Waals surface area contributed by atoms with Crippen LogP contribution in [-0.4, -0.2) is 28.4 Å². The van der Waals surface area contributed by atoms with Crippen LogP contribution in [0.15, 0.2) is 34.9 Å². The highest BCUT2D eigenvalue weighted by Gasteiger charge is 2.25. The molecule has 1 aliphatic rings. The third kappa shape index (κ3) is 2.42. The SMILES string of the molecule is Cc1ccoc1C(=O)N1CCc2ccc(C(=O)O)cc2C1. The molecule has 21 heavy (non-hydrogen) atoms. The summed E-state index contributed by atoms with van der Waals surface area (Å²) in [5.74, 6) is -0.750. The normalized spacial score (nSPS) is 13.9. The van der Waals surface area contributed by atoms with Gasteiger partial charge < -0.3 is 14.4 Å². The molecule has 0 fully saturated rings. The average molecular weight is 285 g/mol. The molecule has 1 N–H and O–H groups in total. The van der Waals surface area contributed by atoms with E-state index in [1.807, 2.05) is 13.0 Å². The number of hydrogen-bond acceptors (Lipinski definition) is 3. The molecule has 1 aromatic heterocycles. The van der Waals surface area contributed by atoms with E-state index >= 15 is 0 Å². The molecule has 1 aromatic carbocycles. The van der Waals surface area contributed by atoms with Crippen molar-refractivity contribution in [3.8, 4) is 0 Å². The molecule has 0 saturated heterocycles. The van der Waals surface area contributed by atoms with Crippen molar-refractivity contribution in [1.29, 1.82) is 0 Å². The lowest BCUT2D eigenvalue weighted by molar-refractivity contribution is 0.0696. The standard InChI is InChI=1S/C16H15NO4/c1-10-5-7-21-14(10)15(18)17-6-4-11-2-3-12(16(19)20)8-13(11)9-17/h2-3,5,7-8H,4,6,9H2,1H3,(H,19,20). The van der Waals surface area contributed by atoms with Crippen LogP contribution >= 0.6 is 0 Å². The maximum atomic E-state index is 12.4. The zero-order valence-corrected chi connectivity index (χ0v) is 11.6. The van der Waals surface area contributed by atoms with Crippen LogP contribution in [0.3, 0.4) is 0 Å². The number of carboxylic acid groups (broad SMARTS) is 1. The lowest BCUT2D eigenvalue weighted by atomic mass is 9.97. The van der Waals surface area contributed by atoms with Gasteiger partial charge in [-0.3, -0.25) is 4.79 Å². The number of amides is 1. The maximum absolute atomic E-state index is 12.4. The number of aromatic carboxylic acids is 1. The minimum atomic E-state index is -0.955. The van der Waals surface area contributed by atoms with Gasteiger partial charge in [0.1, 0.15) is 0 Å². The lowest BCUT2D eigenvalue weighted by Gasteiger charge is -2.28. The summed E-state index contributed by atoms with van der Waals surface area (Å²) in [7, 11) is 0. The van der Waals surface area contributed by atoms with Crippen molar-refractivity contribution in [2.45, 2.75) is 19.9 Å². The molecule has 0 bridgehead atoms. The van der Waals surface area contributed by atoms with Gasteiger partial charge in [0.05, 0.1) is 11.8 Å². The monoisotopic (exact) mass is 285 g/mol. The van der Waals surface area contributed by atoms with Crippen molar-refractivity contribution in [2.75, 3.05) is 6.54 Å². The number of benzene rings is 1. The molecular weight excluding hydrogens is 270 g/mol. The molecule has 5 nitrogen and oxygen atoms in total. The van der Waals surface area contributed by atoms with E-state index in [1.54, 1.807) is 23.1 Å². The van der Waals surface area contributed by atoms with Crippen LogP contribution in [0.25, 0.3) is 0 Å². The Hall–Kier alpha value is -2.56.